The quantitative estimate of drug-likeness (QED) is 0.782. The summed E-state index contributed by atoms with van der Waals surface area (Å²) in [6.07, 6.45) is 2.29. The number of nitrogens with one attached hydrogen (secondary N) is 1. The standard InChI is InChI=1S/C10H18N4/c1-4-11-10(2,3)9-13-12-8-6-5-7-14(8)9/h11H,4-7H2,1-3H3. The molecule has 0 bridgehead atoms. The lowest BCUT2D eigenvalue weighted by atomic mass is 10.0. The molecular formula is C10H18N4. The highest BCUT2D eigenvalue weighted by atomic mass is 15.3. The van der Waals surface area contributed by atoms with Crippen molar-refractivity contribution in [2.75, 3.05) is 6.54 Å². The van der Waals surface area contributed by atoms with Crippen LogP contribution in [0.3, 0.4) is 0 Å². The molecule has 0 unspecified atom stereocenters. The molecule has 0 atom stereocenters. The molecule has 1 aliphatic heterocycles. The van der Waals surface area contributed by atoms with Crippen LogP contribution in [0.4, 0.5) is 0 Å². The lowest BCUT2D eigenvalue weighted by Crippen LogP contribution is -2.38. The average Bonchev–Trinajstić information content (AvgIpc) is 2.60. The minimum absolute atomic E-state index is 0.0651. The molecule has 0 fully saturated rings. The van der Waals surface area contributed by atoms with Crippen LogP contribution in [0.15, 0.2) is 0 Å². The lowest BCUT2D eigenvalue weighted by Gasteiger charge is -2.24. The van der Waals surface area contributed by atoms with Crippen molar-refractivity contribution in [1.82, 2.24) is 20.1 Å². The fraction of sp³-hybridized carbons (Fsp3) is 0.800. The van der Waals surface area contributed by atoms with Gasteiger partial charge in [0.1, 0.15) is 5.82 Å². The zero-order chi connectivity index (χ0) is 10.2. The van der Waals surface area contributed by atoms with Gasteiger partial charge < -0.3 is 9.88 Å². The second kappa shape index (κ2) is 3.35. The van der Waals surface area contributed by atoms with Gasteiger partial charge >= 0.3 is 0 Å². The Labute approximate surface area is 84.7 Å². The van der Waals surface area contributed by atoms with Gasteiger partial charge in [-0.15, -0.1) is 10.2 Å². The van der Waals surface area contributed by atoms with E-state index in [9.17, 15) is 0 Å². The van der Waals surface area contributed by atoms with Gasteiger partial charge in [-0.2, -0.15) is 0 Å². The number of aryl methyl sites for hydroxylation is 1. The van der Waals surface area contributed by atoms with Crippen LogP contribution in [0.25, 0.3) is 0 Å². The molecule has 0 radical (unpaired) electrons. The van der Waals surface area contributed by atoms with Crippen LogP contribution in [0.1, 0.15) is 38.8 Å². The van der Waals surface area contributed by atoms with Crippen LogP contribution in [-0.4, -0.2) is 21.3 Å². The van der Waals surface area contributed by atoms with Gasteiger partial charge in [-0.3, -0.25) is 0 Å². The van der Waals surface area contributed by atoms with Crippen molar-refractivity contribution >= 4 is 0 Å². The van der Waals surface area contributed by atoms with Crippen molar-refractivity contribution in [3.05, 3.63) is 11.6 Å². The zero-order valence-corrected chi connectivity index (χ0v) is 9.17. The third kappa shape index (κ3) is 1.43. The van der Waals surface area contributed by atoms with Gasteiger partial charge in [-0.05, 0) is 26.8 Å². The van der Waals surface area contributed by atoms with E-state index in [1.54, 1.807) is 0 Å². The van der Waals surface area contributed by atoms with Gasteiger partial charge in [0, 0.05) is 13.0 Å². The summed E-state index contributed by atoms with van der Waals surface area (Å²) in [6, 6.07) is 0. The van der Waals surface area contributed by atoms with Crippen molar-refractivity contribution in [3.63, 3.8) is 0 Å². The van der Waals surface area contributed by atoms with E-state index in [4.69, 9.17) is 0 Å². The minimum Gasteiger partial charge on any atom is -0.313 e. The summed E-state index contributed by atoms with van der Waals surface area (Å²) in [7, 11) is 0. The first-order valence-electron chi connectivity index (χ1n) is 5.32. The molecule has 14 heavy (non-hydrogen) atoms. The second-order valence-corrected chi connectivity index (χ2v) is 4.35. The number of hydrogen-bond donors (Lipinski definition) is 1. The smallest absolute Gasteiger partial charge is 0.152 e. The monoisotopic (exact) mass is 194 g/mol. The third-order valence-corrected chi connectivity index (χ3v) is 2.79. The Hall–Kier alpha value is -0.900. The van der Waals surface area contributed by atoms with Crippen LogP contribution in [0, 0.1) is 0 Å². The van der Waals surface area contributed by atoms with Crippen LogP contribution in [0.2, 0.25) is 0 Å². The summed E-state index contributed by atoms with van der Waals surface area (Å²) in [4.78, 5) is 0. The Balaban J connectivity index is 2.32. The highest BCUT2D eigenvalue weighted by Gasteiger charge is 2.29. The van der Waals surface area contributed by atoms with E-state index in [-0.39, 0.29) is 5.54 Å². The van der Waals surface area contributed by atoms with E-state index >= 15 is 0 Å². The average molecular weight is 194 g/mol. The fourth-order valence-corrected chi connectivity index (χ4v) is 2.13. The van der Waals surface area contributed by atoms with Crippen LogP contribution >= 0.6 is 0 Å². The summed E-state index contributed by atoms with van der Waals surface area (Å²) >= 11 is 0. The molecule has 1 N–H and O–H groups in total. The normalized spacial score (nSPS) is 15.9. The Morgan fingerprint density at radius 1 is 1.43 bits per heavy atom. The number of fused-ring (bicyclic) bond motifs is 1. The topological polar surface area (TPSA) is 42.7 Å². The van der Waals surface area contributed by atoms with Gasteiger partial charge in [-0.25, -0.2) is 0 Å². The maximum Gasteiger partial charge on any atom is 0.152 e. The van der Waals surface area contributed by atoms with E-state index in [1.807, 2.05) is 0 Å². The molecule has 2 heterocycles. The first kappa shape index (κ1) is 9.65. The highest BCUT2D eigenvalue weighted by Crippen LogP contribution is 2.23. The van der Waals surface area contributed by atoms with Crippen molar-refractivity contribution in [3.8, 4) is 0 Å². The number of hydrogen-bond acceptors (Lipinski definition) is 3. The van der Waals surface area contributed by atoms with Crippen LogP contribution in [0.5, 0.6) is 0 Å². The van der Waals surface area contributed by atoms with Gasteiger partial charge in [-0.1, -0.05) is 6.92 Å². The second-order valence-electron chi connectivity index (χ2n) is 4.35. The molecule has 1 aliphatic rings. The molecule has 1 aromatic rings. The molecule has 1 aromatic heterocycles. The summed E-state index contributed by atoms with van der Waals surface area (Å²) in [5.74, 6) is 2.22. The molecule has 0 aliphatic carbocycles. The minimum atomic E-state index is -0.0651. The molecule has 0 spiro atoms. The Morgan fingerprint density at radius 3 is 2.93 bits per heavy atom. The summed E-state index contributed by atoms with van der Waals surface area (Å²) in [5, 5.41) is 11.9. The van der Waals surface area contributed by atoms with Gasteiger partial charge in [0.15, 0.2) is 5.82 Å². The molecule has 4 heteroatoms. The van der Waals surface area contributed by atoms with Crippen molar-refractivity contribution in [1.29, 1.82) is 0 Å². The maximum atomic E-state index is 4.28. The van der Waals surface area contributed by atoms with E-state index in [0.29, 0.717) is 0 Å². The predicted molar refractivity (Wildman–Crippen MR) is 55.0 cm³/mol. The molecular weight excluding hydrogens is 176 g/mol. The van der Waals surface area contributed by atoms with Crippen molar-refractivity contribution < 1.29 is 0 Å². The van der Waals surface area contributed by atoms with E-state index in [1.165, 1.54) is 6.42 Å². The van der Waals surface area contributed by atoms with Gasteiger partial charge in [0.05, 0.1) is 5.54 Å². The molecule has 2 rings (SSSR count). The Morgan fingerprint density at radius 2 is 2.21 bits per heavy atom. The number of rotatable bonds is 3. The SMILES string of the molecule is CCNC(C)(C)c1nnc2n1CCC2. The molecule has 4 nitrogen and oxygen atoms in total. The predicted octanol–water partition coefficient (Wildman–Crippen LogP) is 1.07. The number of aromatic nitrogens is 3. The highest BCUT2D eigenvalue weighted by molar-refractivity contribution is 5.09. The summed E-state index contributed by atoms with van der Waals surface area (Å²) < 4.78 is 2.25. The van der Waals surface area contributed by atoms with E-state index in [0.717, 1.165) is 31.2 Å². The summed E-state index contributed by atoms with van der Waals surface area (Å²) in [5.41, 5.74) is -0.0651. The lowest BCUT2D eigenvalue weighted by molar-refractivity contribution is 0.374. The molecule has 0 saturated heterocycles. The zero-order valence-electron chi connectivity index (χ0n) is 9.17. The van der Waals surface area contributed by atoms with Gasteiger partial charge in [0.25, 0.3) is 0 Å². The Bertz CT molecular complexity index is 327. The van der Waals surface area contributed by atoms with E-state index in [2.05, 4.69) is 40.9 Å². The Kier molecular flexibility index (Phi) is 2.31. The molecule has 0 saturated carbocycles. The molecule has 78 valence electrons. The largest absolute Gasteiger partial charge is 0.313 e. The van der Waals surface area contributed by atoms with Crippen molar-refractivity contribution in [2.45, 2.75) is 45.7 Å². The third-order valence-electron chi connectivity index (χ3n) is 2.79. The van der Waals surface area contributed by atoms with Crippen molar-refractivity contribution in [2.24, 2.45) is 0 Å². The van der Waals surface area contributed by atoms with Crippen LogP contribution < -0.4 is 5.32 Å². The first-order chi connectivity index (χ1) is 6.65. The molecule has 0 amide bonds. The molecule has 0 aromatic carbocycles. The number of nitrogens with zero attached hydrogens (tertiary/aromatic N) is 3. The maximum absolute atomic E-state index is 4.28. The van der Waals surface area contributed by atoms with E-state index < -0.39 is 0 Å². The van der Waals surface area contributed by atoms with Crippen LogP contribution in [-0.2, 0) is 18.5 Å². The first-order valence-corrected chi connectivity index (χ1v) is 5.32. The fourth-order valence-electron chi connectivity index (χ4n) is 2.13. The summed E-state index contributed by atoms with van der Waals surface area (Å²) in [6.45, 7) is 8.46. The van der Waals surface area contributed by atoms with Gasteiger partial charge in [0.2, 0.25) is 0 Å².